The molecule has 0 spiro atoms. The molecule has 0 atom stereocenters. The normalized spacial score (nSPS) is 10.5. The Morgan fingerprint density at radius 3 is 2.91 bits per heavy atom. The zero-order chi connectivity index (χ0) is 7.84. The molecule has 0 aromatic rings. The van der Waals surface area contributed by atoms with Crippen LogP contribution in [0.4, 0.5) is 0 Å². The minimum absolute atomic E-state index is 0.238. The van der Waals surface area contributed by atoms with Crippen LogP contribution in [0.2, 0.25) is 0 Å². The summed E-state index contributed by atoms with van der Waals surface area (Å²) in [5.41, 5.74) is 0.706. The zero-order valence-electron chi connectivity index (χ0n) is 5.31. The van der Waals surface area contributed by atoms with E-state index in [0.29, 0.717) is 5.69 Å². The van der Waals surface area contributed by atoms with Crippen molar-refractivity contribution in [1.29, 1.82) is 0 Å². The molecule has 2 heterocycles. The number of hydrogen-bond acceptors (Lipinski definition) is 5. The quantitative estimate of drug-likeness (QED) is 0.482. The highest BCUT2D eigenvalue weighted by Gasteiger charge is 2.13. The molecule has 0 radical (unpaired) electrons. The summed E-state index contributed by atoms with van der Waals surface area (Å²) < 4.78 is 0. The highest BCUT2D eigenvalue weighted by Crippen LogP contribution is 2.25. The first kappa shape index (κ1) is 5.90. The minimum atomic E-state index is -0.275. The van der Waals surface area contributed by atoms with Gasteiger partial charge in [-0.1, -0.05) is 0 Å². The van der Waals surface area contributed by atoms with Crippen LogP contribution in [-0.2, 0) is 0 Å². The van der Waals surface area contributed by atoms with Crippen LogP contribution in [0.3, 0.4) is 0 Å². The van der Waals surface area contributed by atoms with Gasteiger partial charge >= 0.3 is 0 Å². The van der Waals surface area contributed by atoms with Gasteiger partial charge in [-0.25, -0.2) is 4.98 Å². The maximum absolute atomic E-state index is 8.99. The molecule has 0 fully saturated rings. The average Bonchev–Trinajstić information content (AvgIpc) is 2.33. The van der Waals surface area contributed by atoms with Crippen molar-refractivity contribution in [3.05, 3.63) is 6.20 Å². The second-order valence-corrected chi connectivity index (χ2v) is 1.99. The summed E-state index contributed by atoms with van der Waals surface area (Å²) in [7, 11) is 0. The third-order valence-electron chi connectivity index (χ3n) is 1.28. The first-order valence-corrected chi connectivity index (χ1v) is 2.86. The summed E-state index contributed by atoms with van der Waals surface area (Å²) >= 11 is 0. The number of H-pyrrole nitrogens is 1. The van der Waals surface area contributed by atoms with Gasteiger partial charge in [-0.15, -0.1) is 10.2 Å². The van der Waals surface area contributed by atoms with Gasteiger partial charge in [0.15, 0.2) is 0 Å². The summed E-state index contributed by atoms with van der Waals surface area (Å²) in [4.78, 5) is 5.91. The Balaban J connectivity index is 2.76. The molecule has 0 aromatic heterocycles. The van der Waals surface area contributed by atoms with Crippen LogP contribution in [0.1, 0.15) is 0 Å². The monoisotopic (exact) mass is 152 g/mol. The number of fused-ring (bicyclic) bond motifs is 1. The van der Waals surface area contributed by atoms with E-state index in [1.807, 2.05) is 0 Å². The van der Waals surface area contributed by atoms with Crippen LogP contribution >= 0.6 is 0 Å². The van der Waals surface area contributed by atoms with E-state index in [-0.39, 0.29) is 17.6 Å². The fourth-order valence-corrected chi connectivity index (χ4v) is 0.792. The number of nitrogens with zero attached hydrogens (tertiary/aromatic N) is 3. The van der Waals surface area contributed by atoms with Crippen LogP contribution in [0.25, 0.3) is 11.4 Å². The van der Waals surface area contributed by atoms with E-state index >= 15 is 0 Å². The summed E-state index contributed by atoms with van der Waals surface area (Å²) in [6.07, 6.45) is 1.31. The average molecular weight is 152 g/mol. The van der Waals surface area contributed by atoms with Gasteiger partial charge in [0.2, 0.25) is 0 Å². The molecule has 0 unspecified atom stereocenters. The van der Waals surface area contributed by atoms with E-state index in [1.165, 1.54) is 6.20 Å². The summed E-state index contributed by atoms with van der Waals surface area (Å²) in [6.45, 7) is 0. The molecule has 0 bridgehead atoms. The van der Waals surface area contributed by atoms with E-state index in [9.17, 15) is 0 Å². The van der Waals surface area contributed by atoms with Gasteiger partial charge in [0.05, 0.1) is 6.20 Å². The summed E-state index contributed by atoms with van der Waals surface area (Å²) in [6, 6.07) is -0.275. The molecule has 0 saturated carbocycles. The lowest BCUT2D eigenvalue weighted by atomic mass is 10.3. The lowest BCUT2D eigenvalue weighted by Crippen LogP contribution is -1.85. The topological polar surface area (TPSA) is 94.9 Å². The van der Waals surface area contributed by atoms with Crippen molar-refractivity contribution in [3.63, 3.8) is 0 Å². The smallest absolute Gasteiger partial charge is 0.291 e. The third kappa shape index (κ3) is 0.759. The standard InChI is InChI=1S/C5H4N4O2/c10-4-3-2(8-9-4)1-6-5(11)7-3/h1,10H,(H2,6,7,11). The first-order valence-electron chi connectivity index (χ1n) is 2.86. The number of nitrogens with one attached hydrogen (secondary N) is 1. The molecule has 2 aliphatic heterocycles. The van der Waals surface area contributed by atoms with Crippen LogP contribution in [0.15, 0.2) is 6.20 Å². The molecule has 11 heavy (non-hydrogen) atoms. The van der Waals surface area contributed by atoms with E-state index < -0.39 is 0 Å². The van der Waals surface area contributed by atoms with E-state index in [0.717, 1.165) is 0 Å². The molecule has 56 valence electrons. The summed E-state index contributed by atoms with van der Waals surface area (Å²) in [5, 5.41) is 24.7. The molecular weight excluding hydrogens is 148 g/mol. The van der Waals surface area contributed by atoms with Gasteiger partial charge in [0, 0.05) is 0 Å². The molecule has 0 aromatic carbocycles. The number of hydrogen-bond donors (Lipinski definition) is 3. The molecule has 0 aliphatic carbocycles. The van der Waals surface area contributed by atoms with Crippen molar-refractivity contribution >= 4 is 0 Å². The van der Waals surface area contributed by atoms with E-state index in [1.54, 1.807) is 0 Å². The van der Waals surface area contributed by atoms with Crippen LogP contribution in [0.5, 0.6) is 11.9 Å². The summed E-state index contributed by atoms with van der Waals surface area (Å²) in [5.74, 6) is -0.238. The van der Waals surface area contributed by atoms with Crippen molar-refractivity contribution in [2.45, 2.75) is 0 Å². The molecule has 6 heteroatoms. The van der Waals surface area contributed by atoms with E-state index in [2.05, 4.69) is 20.2 Å². The second-order valence-electron chi connectivity index (χ2n) is 1.99. The largest absolute Gasteiger partial charge is 0.491 e. The van der Waals surface area contributed by atoms with Gasteiger partial charge in [-0.05, 0) is 0 Å². The number of aromatic amines is 1. The van der Waals surface area contributed by atoms with Crippen molar-refractivity contribution in [2.75, 3.05) is 0 Å². The molecule has 3 N–H and O–H groups in total. The predicted octanol–water partition coefficient (Wildman–Crippen LogP) is -0.284. The van der Waals surface area contributed by atoms with Crippen molar-refractivity contribution in [1.82, 2.24) is 20.2 Å². The Morgan fingerprint density at radius 2 is 2.09 bits per heavy atom. The second kappa shape index (κ2) is 1.82. The van der Waals surface area contributed by atoms with Gasteiger partial charge < -0.3 is 15.2 Å². The van der Waals surface area contributed by atoms with Crippen LogP contribution < -0.4 is 0 Å². The van der Waals surface area contributed by atoms with Gasteiger partial charge in [-0.3, -0.25) is 0 Å². The SMILES string of the molecule is Oc1ncc2nnc(O)c-2[nH]1. The molecule has 2 aliphatic rings. The fraction of sp³-hybridized carbons (Fsp3) is 0. The highest BCUT2D eigenvalue weighted by atomic mass is 16.3. The molecule has 0 amide bonds. The van der Waals surface area contributed by atoms with Crippen molar-refractivity contribution in [3.8, 4) is 23.3 Å². The van der Waals surface area contributed by atoms with Crippen molar-refractivity contribution in [2.24, 2.45) is 0 Å². The highest BCUT2D eigenvalue weighted by molar-refractivity contribution is 5.60. The Morgan fingerprint density at radius 1 is 1.27 bits per heavy atom. The number of aromatic hydroxyl groups is 2. The minimum Gasteiger partial charge on any atom is -0.491 e. The van der Waals surface area contributed by atoms with Crippen LogP contribution in [0, 0.1) is 0 Å². The van der Waals surface area contributed by atoms with Gasteiger partial charge in [-0.2, -0.15) is 0 Å². The maximum atomic E-state index is 8.99. The lowest BCUT2D eigenvalue weighted by Gasteiger charge is -1.95. The number of rotatable bonds is 0. The Labute approximate surface area is 60.9 Å². The Bertz CT molecular complexity index is 358. The van der Waals surface area contributed by atoms with E-state index in [4.69, 9.17) is 10.2 Å². The third-order valence-corrected chi connectivity index (χ3v) is 1.28. The van der Waals surface area contributed by atoms with Crippen LogP contribution in [-0.4, -0.2) is 30.4 Å². The zero-order valence-corrected chi connectivity index (χ0v) is 5.31. The molecule has 6 nitrogen and oxygen atoms in total. The fourth-order valence-electron chi connectivity index (χ4n) is 0.792. The number of aromatic nitrogens is 4. The first-order chi connectivity index (χ1) is 5.27. The molecule has 0 saturated heterocycles. The van der Waals surface area contributed by atoms with Gasteiger partial charge in [0.25, 0.3) is 11.9 Å². The van der Waals surface area contributed by atoms with Gasteiger partial charge in [0.1, 0.15) is 11.4 Å². The van der Waals surface area contributed by atoms with Crippen molar-refractivity contribution < 1.29 is 10.2 Å². The Kier molecular flexibility index (Phi) is 0.974. The maximum Gasteiger partial charge on any atom is 0.291 e. The molecular formula is C5H4N4O2. The predicted molar refractivity (Wildman–Crippen MR) is 34.1 cm³/mol. The Hall–Kier alpha value is -1.85. The lowest BCUT2D eigenvalue weighted by molar-refractivity contribution is 0.425. The molecule has 2 rings (SSSR count).